The maximum atomic E-state index is 11.5. The summed E-state index contributed by atoms with van der Waals surface area (Å²) in [7, 11) is 0. The third-order valence-corrected chi connectivity index (χ3v) is 2.52. The van der Waals surface area contributed by atoms with Crippen molar-refractivity contribution in [3.63, 3.8) is 0 Å². The zero-order valence-electron chi connectivity index (χ0n) is 11.2. The molecular weight excluding hydrogens is 220 g/mol. The van der Waals surface area contributed by atoms with Gasteiger partial charge in [-0.15, -0.1) is 0 Å². The minimum atomic E-state index is -0.502. The average molecular weight is 244 g/mol. The quantitative estimate of drug-likeness (QED) is 0.739. The zero-order chi connectivity index (χ0) is 12.9. The van der Waals surface area contributed by atoms with Crippen LogP contribution in [-0.4, -0.2) is 44.0 Å². The minimum Gasteiger partial charge on any atom is -0.355 e. The molecule has 0 radical (unpaired) electrons. The summed E-state index contributed by atoms with van der Waals surface area (Å²) in [6, 6.07) is 0.0906. The SMILES string of the molecule is CC(C)CNC(=O)CNC1COC(C)(C)OC1. The summed E-state index contributed by atoms with van der Waals surface area (Å²) in [5.41, 5.74) is 0. The Bertz CT molecular complexity index is 244. The minimum absolute atomic E-state index is 0.0172. The molecule has 0 bridgehead atoms. The van der Waals surface area contributed by atoms with Crippen LogP contribution < -0.4 is 10.6 Å². The second-order valence-electron chi connectivity index (χ2n) is 5.30. The molecule has 1 aliphatic heterocycles. The Balaban J connectivity index is 2.13. The number of ether oxygens (including phenoxy) is 2. The first-order valence-corrected chi connectivity index (χ1v) is 6.17. The Morgan fingerprint density at radius 2 is 1.94 bits per heavy atom. The molecule has 0 unspecified atom stereocenters. The third kappa shape index (κ3) is 6.00. The van der Waals surface area contributed by atoms with E-state index in [1.165, 1.54) is 0 Å². The number of carbonyl (C=O) groups is 1. The van der Waals surface area contributed by atoms with Gasteiger partial charge >= 0.3 is 0 Å². The van der Waals surface area contributed by atoms with E-state index in [-0.39, 0.29) is 11.9 Å². The van der Waals surface area contributed by atoms with Crippen molar-refractivity contribution in [1.82, 2.24) is 10.6 Å². The predicted octanol–water partition coefficient (Wildman–Crippen LogP) is 0.500. The highest BCUT2D eigenvalue weighted by Crippen LogP contribution is 2.16. The average Bonchev–Trinajstić information content (AvgIpc) is 2.25. The molecule has 0 aromatic rings. The number of amides is 1. The van der Waals surface area contributed by atoms with Crippen molar-refractivity contribution in [2.24, 2.45) is 5.92 Å². The van der Waals surface area contributed by atoms with Crippen molar-refractivity contribution in [3.8, 4) is 0 Å². The largest absolute Gasteiger partial charge is 0.355 e. The second-order valence-corrected chi connectivity index (χ2v) is 5.30. The molecule has 0 aromatic heterocycles. The van der Waals surface area contributed by atoms with Gasteiger partial charge in [0.25, 0.3) is 0 Å². The van der Waals surface area contributed by atoms with Gasteiger partial charge in [-0.05, 0) is 19.8 Å². The van der Waals surface area contributed by atoms with Gasteiger partial charge in [0.1, 0.15) is 0 Å². The highest BCUT2D eigenvalue weighted by molar-refractivity contribution is 5.77. The fourth-order valence-electron chi connectivity index (χ4n) is 1.43. The van der Waals surface area contributed by atoms with Crippen LogP contribution >= 0.6 is 0 Å². The van der Waals surface area contributed by atoms with Crippen molar-refractivity contribution in [2.75, 3.05) is 26.3 Å². The van der Waals surface area contributed by atoms with E-state index in [1.807, 2.05) is 13.8 Å². The van der Waals surface area contributed by atoms with Crippen LogP contribution in [0.15, 0.2) is 0 Å². The third-order valence-electron chi connectivity index (χ3n) is 2.52. The molecule has 17 heavy (non-hydrogen) atoms. The highest BCUT2D eigenvalue weighted by atomic mass is 16.7. The van der Waals surface area contributed by atoms with Crippen LogP contribution in [0.1, 0.15) is 27.7 Å². The Labute approximate surface area is 103 Å². The van der Waals surface area contributed by atoms with Crippen molar-refractivity contribution < 1.29 is 14.3 Å². The molecule has 5 heteroatoms. The molecule has 0 aliphatic carbocycles. The lowest BCUT2D eigenvalue weighted by Crippen LogP contribution is -2.50. The zero-order valence-corrected chi connectivity index (χ0v) is 11.2. The van der Waals surface area contributed by atoms with E-state index in [1.54, 1.807) is 0 Å². The van der Waals surface area contributed by atoms with E-state index in [9.17, 15) is 4.79 Å². The summed E-state index contributed by atoms with van der Waals surface area (Å²) in [5, 5.41) is 5.98. The fourth-order valence-corrected chi connectivity index (χ4v) is 1.43. The summed E-state index contributed by atoms with van der Waals surface area (Å²) in [4.78, 5) is 11.5. The first-order chi connectivity index (χ1) is 7.89. The van der Waals surface area contributed by atoms with Crippen LogP contribution in [0.4, 0.5) is 0 Å². The molecule has 0 aromatic carbocycles. The van der Waals surface area contributed by atoms with Gasteiger partial charge < -0.3 is 20.1 Å². The predicted molar refractivity (Wildman–Crippen MR) is 65.6 cm³/mol. The van der Waals surface area contributed by atoms with Gasteiger partial charge in [0.15, 0.2) is 5.79 Å². The molecular formula is C12H24N2O3. The topological polar surface area (TPSA) is 59.6 Å². The van der Waals surface area contributed by atoms with Gasteiger partial charge in [-0.2, -0.15) is 0 Å². The van der Waals surface area contributed by atoms with Crippen LogP contribution in [0.5, 0.6) is 0 Å². The molecule has 1 saturated heterocycles. The molecule has 0 saturated carbocycles. The Morgan fingerprint density at radius 3 is 2.47 bits per heavy atom. The summed E-state index contributed by atoms with van der Waals surface area (Å²) in [6.07, 6.45) is 0. The van der Waals surface area contributed by atoms with E-state index in [0.29, 0.717) is 32.2 Å². The number of hydrogen-bond acceptors (Lipinski definition) is 4. The summed E-state index contributed by atoms with van der Waals surface area (Å²) in [5.74, 6) is -0.0115. The Morgan fingerprint density at radius 1 is 1.35 bits per heavy atom. The number of nitrogens with one attached hydrogen (secondary N) is 2. The van der Waals surface area contributed by atoms with Gasteiger partial charge in [-0.25, -0.2) is 0 Å². The maximum Gasteiger partial charge on any atom is 0.233 e. The molecule has 0 atom stereocenters. The number of hydrogen-bond donors (Lipinski definition) is 2. The maximum absolute atomic E-state index is 11.5. The van der Waals surface area contributed by atoms with Crippen molar-refractivity contribution in [1.29, 1.82) is 0 Å². The smallest absolute Gasteiger partial charge is 0.233 e. The Hall–Kier alpha value is -0.650. The van der Waals surface area contributed by atoms with Crippen LogP contribution in [0, 0.1) is 5.92 Å². The fraction of sp³-hybridized carbons (Fsp3) is 0.917. The summed E-state index contributed by atoms with van der Waals surface area (Å²) >= 11 is 0. The Kier molecular flexibility index (Phi) is 5.36. The molecule has 1 heterocycles. The monoisotopic (exact) mass is 244 g/mol. The van der Waals surface area contributed by atoms with Gasteiger partial charge in [0.2, 0.25) is 5.91 Å². The van der Waals surface area contributed by atoms with Crippen molar-refractivity contribution >= 4 is 5.91 Å². The first kappa shape index (κ1) is 14.4. The normalized spacial score (nSPS) is 20.5. The van der Waals surface area contributed by atoms with Gasteiger partial charge in [0.05, 0.1) is 25.8 Å². The highest BCUT2D eigenvalue weighted by Gasteiger charge is 2.28. The van der Waals surface area contributed by atoms with Gasteiger partial charge in [-0.3, -0.25) is 4.79 Å². The van der Waals surface area contributed by atoms with Gasteiger partial charge in [-0.1, -0.05) is 13.8 Å². The van der Waals surface area contributed by atoms with Crippen molar-refractivity contribution in [3.05, 3.63) is 0 Å². The lowest BCUT2D eigenvalue weighted by Gasteiger charge is -2.35. The van der Waals surface area contributed by atoms with Crippen LogP contribution in [0.3, 0.4) is 0 Å². The molecule has 2 N–H and O–H groups in total. The molecule has 1 fully saturated rings. The van der Waals surface area contributed by atoms with Crippen LogP contribution in [-0.2, 0) is 14.3 Å². The van der Waals surface area contributed by atoms with E-state index in [0.717, 1.165) is 0 Å². The van der Waals surface area contributed by atoms with E-state index < -0.39 is 5.79 Å². The first-order valence-electron chi connectivity index (χ1n) is 6.17. The number of carbonyl (C=O) groups excluding carboxylic acids is 1. The van der Waals surface area contributed by atoms with E-state index >= 15 is 0 Å². The molecule has 1 aliphatic rings. The molecule has 1 rings (SSSR count). The lowest BCUT2D eigenvalue weighted by molar-refractivity contribution is -0.252. The second kappa shape index (κ2) is 6.33. The summed E-state index contributed by atoms with van der Waals surface area (Å²) in [6.45, 7) is 10.1. The molecule has 1 amide bonds. The standard InChI is InChI=1S/C12H24N2O3/c1-9(2)5-14-11(15)6-13-10-7-16-12(3,4)17-8-10/h9-10,13H,5-8H2,1-4H3,(H,14,15). The number of rotatable bonds is 5. The van der Waals surface area contributed by atoms with E-state index in [2.05, 4.69) is 24.5 Å². The molecule has 0 spiro atoms. The van der Waals surface area contributed by atoms with Gasteiger partial charge in [0, 0.05) is 6.54 Å². The van der Waals surface area contributed by atoms with E-state index in [4.69, 9.17) is 9.47 Å². The van der Waals surface area contributed by atoms with Crippen molar-refractivity contribution in [2.45, 2.75) is 39.5 Å². The molecule has 100 valence electrons. The summed E-state index contributed by atoms with van der Waals surface area (Å²) < 4.78 is 11.0. The van der Waals surface area contributed by atoms with Crippen LogP contribution in [0.25, 0.3) is 0 Å². The molecule has 5 nitrogen and oxygen atoms in total. The lowest BCUT2D eigenvalue weighted by atomic mass is 10.2. The van der Waals surface area contributed by atoms with Crippen LogP contribution in [0.2, 0.25) is 0 Å².